The molecule has 0 N–H and O–H groups in total. The third-order valence-electron chi connectivity index (χ3n) is 6.46. The standard InChI is InChI=1S/C20H27N3O3/c1-21-9-10-23(14-20(21)7-11-26-12-8-20)19(25)16-13-18(24)22(2)17-6-4-3-5-15(16)17/h3-6,16H,7-14H2,1-2H3. The molecule has 140 valence electrons. The van der Waals surface area contributed by atoms with Crippen LogP contribution in [0.1, 0.15) is 30.7 Å². The van der Waals surface area contributed by atoms with E-state index in [9.17, 15) is 9.59 Å². The van der Waals surface area contributed by atoms with Crippen LogP contribution >= 0.6 is 0 Å². The van der Waals surface area contributed by atoms with Crippen molar-refractivity contribution in [3.63, 3.8) is 0 Å². The molecule has 26 heavy (non-hydrogen) atoms. The minimum atomic E-state index is -0.366. The van der Waals surface area contributed by atoms with Gasteiger partial charge in [0, 0.05) is 57.5 Å². The first-order valence-corrected chi connectivity index (χ1v) is 9.45. The Bertz CT molecular complexity index is 714. The largest absolute Gasteiger partial charge is 0.381 e. The number of likely N-dealkylation sites (N-methyl/N-ethyl adjacent to an activating group) is 1. The maximum atomic E-state index is 13.4. The fourth-order valence-electron chi connectivity index (χ4n) is 4.63. The minimum absolute atomic E-state index is 0.0111. The monoisotopic (exact) mass is 357 g/mol. The lowest BCUT2D eigenvalue weighted by Crippen LogP contribution is -2.64. The van der Waals surface area contributed by atoms with Crippen molar-refractivity contribution >= 4 is 17.5 Å². The molecule has 3 heterocycles. The molecule has 0 aromatic heterocycles. The minimum Gasteiger partial charge on any atom is -0.381 e. The Balaban J connectivity index is 1.60. The van der Waals surface area contributed by atoms with Crippen LogP contribution in [0.3, 0.4) is 0 Å². The lowest BCUT2D eigenvalue weighted by molar-refractivity contribution is -0.143. The molecule has 3 aliphatic heterocycles. The number of piperazine rings is 1. The number of nitrogens with zero attached hydrogens (tertiary/aromatic N) is 3. The molecule has 6 nitrogen and oxygen atoms in total. The van der Waals surface area contributed by atoms with Crippen molar-refractivity contribution in [3.8, 4) is 0 Å². The van der Waals surface area contributed by atoms with Gasteiger partial charge in [-0.3, -0.25) is 14.5 Å². The summed E-state index contributed by atoms with van der Waals surface area (Å²) in [6.45, 7) is 3.83. The van der Waals surface area contributed by atoms with Crippen LogP contribution in [0.15, 0.2) is 24.3 Å². The summed E-state index contributed by atoms with van der Waals surface area (Å²) in [6.07, 6.45) is 2.17. The van der Waals surface area contributed by atoms with E-state index in [-0.39, 0.29) is 29.7 Å². The second kappa shape index (κ2) is 6.67. The molecule has 0 saturated carbocycles. The first-order valence-electron chi connectivity index (χ1n) is 9.45. The van der Waals surface area contributed by atoms with Crippen molar-refractivity contribution in [2.45, 2.75) is 30.7 Å². The molecule has 2 saturated heterocycles. The van der Waals surface area contributed by atoms with Gasteiger partial charge >= 0.3 is 0 Å². The van der Waals surface area contributed by atoms with E-state index in [1.165, 1.54) is 0 Å². The van der Waals surface area contributed by atoms with Crippen molar-refractivity contribution in [2.24, 2.45) is 0 Å². The van der Waals surface area contributed by atoms with Gasteiger partial charge in [0.05, 0.1) is 5.92 Å². The molecule has 2 amide bonds. The summed E-state index contributed by atoms with van der Waals surface area (Å²) in [6, 6.07) is 7.78. The summed E-state index contributed by atoms with van der Waals surface area (Å²) in [7, 11) is 3.94. The second-order valence-electron chi connectivity index (χ2n) is 7.79. The predicted molar refractivity (Wildman–Crippen MR) is 99.2 cm³/mol. The van der Waals surface area contributed by atoms with Gasteiger partial charge in [-0.25, -0.2) is 0 Å². The van der Waals surface area contributed by atoms with Gasteiger partial charge in [-0.2, -0.15) is 0 Å². The van der Waals surface area contributed by atoms with Crippen LogP contribution in [0.4, 0.5) is 5.69 Å². The molecule has 6 heteroatoms. The molecule has 1 unspecified atom stereocenters. The molecule has 1 aromatic carbocycles. The van der Waals surface area contributed by atoms with Gasteiger partial charge in [-0.15, -0.1) is 0 Å². The van der Waals surface area contributed by atoms with Crippen LogP contribution in [-0.2, 0) is 14.3 Å². The number of hydrogen-bond donors (Lipinski definition) is 0. The highest BCUT2D eigenvalue weighted by Gasteiger charge is 2.44. The normalized spacial score (nSPS) is 26.1. The number of rotatable bonds is 1. The Morgan fingerprint density at radius 1 is 1.15 bits per heavy atom. The van der Waals surface area contributed by atoms with Crippen LogP contribution in [0, 0.1) is 0 Å². The van der Waals surface area contributed by atoms with E-state index in [0.29, 0.717) is 0 Å². The number of para-hydroxylation sites is 1. The van der Waals surface area contributed by atoms with Crippen LogP contribution in [0.5, 0.6) is 0 Å². The Morgan fingerprint density at radius 2 is 1.88 bits per heavy atom. The fraction of sp³-hybridized carbons (Fsp3) is 0.600. The van der Waals surface area contributed by atoms with E-state index in [2.05, 4.69) is 11.9 Å². The highest BCUT2D eigenvalue weighted by atomic mass is 16.5. The first-order chi connectivity index (χ1) is 12.5. The molecule has 2 fully saturated rings. The summed E-state index contributed by atoms with van der Waals surface area (Å²) < 4.78 is 5.55. The molecule has 1 atom stereocenters. The van der Waals surface area contributed by atoms with Gasteiger partial charge in [0.15, 0.2) is 0 Å². The fourth-order valence-corrected chi connectivity index (χ4v) is 4.63. The number of amides is 2. The Kier molecular flexibility index (Phi) is 4.49. The first kappa shape index (κ1) is 17.5. The van der Waals surface area contributed by atoms with Crippen LogP contribution < -0.4 is 4.90 Å². The predicted octanol–water partition coefficient (Wildman–Crippen LogP) is 1.46. The molecule has 1 aromatic rings. The average Bonchev–Trinajstić information content (AvgIpc) is 2.67. The zero-order valence-electron chi connectivity index (χ0n) is 15.6. The number of benzene rings is 1. The molecule has 3 aliphatic rings. The zero-order valence-corrected chi connectivity index (χ0v) is 15.6. The zero-order chi connectivity index (χ0) is 18.3. The third-order valence-corrected chi connectivity index (χ3v) is 6.46. The summed E-state index contributed by atoms with van der Waals surface area (Å²) in [5, 5.41) is 0. The van der Waals surface area contributed by atoms with E-state index in [1.54, 1.807) is 11.9 Å². The summed E-state index contributed by atoms with van der Waals surface area (Å²) in [5.74, 6) is -0.259. The third kappa shape index (κ3) is 2.81. The maximum absolute atomic E-state index is 13.4. The molecule has 1 spiro atoms. The van der Waals surface area contributed by atoms with E-state index < -0.39 is 0 Å². The summed E-state index contributed by atoms with van der Waals surface area (Å²) in [4.78, 5) is 31.9. The van der Waals surface area contributed by atoms with Gasteiger partial charge in [-0.05, 0) is 31.5 Å². The summed E-state index contributed by atoms with van der Waals surface area (Å²) >= 11 is 0. The average molecular weight is 357 g/mol. The van der Waals surface area contributed by atoms with Crippen molar-refractivity contribution in [2.75, 3.05) is 51.8 Å². The molecule has 0 aliphatic carbocycles. The van der Waals surface area contributed by atoms with E-state index in [1.807, 2.05) is 29.2 Å². The smallest absolute Gasteiger partial charge is 0.230 e. The number of carbonyl (C=O) groups excluding carboxylic acids is 2. The van der Waals surface area contributed by atoms with Gasteiger partial charge < -0.3 is 14.5 Å². The van der Waals surface area contributed by atoms with Gasteiger partial charge in [0.2, 0.25) is 11.8 Å². The van der Waals surface area contributed by atoms with E-state index in [4.69, 9.17) is 4.74 Å². The molecule has 4 rings (SSSR count). The van der Waals surface area contributed by atoms with Gasteiger partial charge in [0.25, 0.3) is 0 Å². The second-order valence-corrected chi connectivity index (χ2v) is 7.79. The topological polar surface area (TPSA) is 53.1 Å². The van der Waals surface area contributed by atoms with Gasteiger partial charge in [0.1, 0.15) is 0 Å². The van der Waals surface area contributed by atoms with Crippen molar-refractivity contribution in [1.29, 1.82) is 0 Å². The SMILES string of the molecule is CN1C(=O)CC(C(=O)N2CCN(C)C3(CCOCC3)C2)c2ccccc21. The number of anilines is 1. The molecule has 0 radical (unpaired) electrons. The molecular weight excluding hydrogens is 330 g/mol. The molecular formula is C20H27N3O3. The number of ether oxygens (including phenoxy) is 1. The lowest BCUT2D eigenvalue weighted by Gasteiger charge is -2.51. The van der Waals surface area contributed by atoms with Crippen LogP contribution in [-0.4, -0.2) is 74.1 Å². The Hall–Kier alpha value is -1.92. The van der Waals surface area contributed by atoms with E-state index in [0.717, 1.165) is 56.9 Å². The molecule has 0 bridgehead atoms. The van der Waals surface area contributed by atoms with Crippen molar-refractivity contribution < 1.29 is 14.3 Å². The highest BCUT2D eigenvalue weighted by molar-refractivity contribution is 6.02. The maximum Gasteiger partial charge on any atom is 0.230 e. The van der Waals surface area contributed by atoms with Gasteiger partial charge in [-0.1, -0.05) is 18.2 Å². The van der Waals surface area contributed by atoms with E-state index >= 15 is 0 Å². The van der Waals surface area contributed by atoms with Crippen LogP contribution in [0.2, 0.25) is 0 Å². The Morgan fingerprint density at radius 3 is 2.65 bits per heavy atom. The quantitative estimate of drug-likeness (QED) is 0.764. The van der Waals surface area contributed by atoms with Crippen LogP contribution in [0.25, 0.3) is 0 Å². The lowest BCUT2D eigenvalue weighted by atomic mass is 9.84. The number of fused-ring (bicyclic) bond motifs is 1. The van der Waals surface area contributed by atoms with Crippen molar-refractivity contribution in [1.82, 2.24) is 9.80 Å². The number of carbonyl (C=O) groups is 2. The Labute approximate surface area is 154 Å². The number of hydrogen-bond acceptors (Lipinski definition) is 4. The van der Waals surface area contributed by atoms with Crippen molar-refractivity contribution in [3.05, 3.63) is 29.8 Å². The highest BCUT2D eigenvalue weighted by Crippen LogP contribution is 2.38. The summed E-state index contributed by atoms with van der Waals surface area (Å²) in [5.41, 5.74) is 1.85.